The Labute approximate surface area is 156 Å². The van der Waals surface area contributed by atoms with Crippen molar-refractivity contribution < 1.29 is 14.0 Å². The molecule has 0 fully saturated rings. The number of anilines is 2. The van der Waals surface area contributed by atoms with E-state index in [-0.39, 0.29) is 11.6 Å². The van der Waals surface area contributed by atoms with E-state index in [2.05, 4.69) is 5.32 Å². The molecule has 3 N–H and O–H groups in total. The van der Waals surface area contributed by atoms with Crippen molar-refractivity contribution in [3.8, 4) is 0 Å². The van der Waals surface area contributed by atoms with Gasteiger partial charge in [0.1, 0.15) is 5.82 Å². The Morgan fingerprint density at radius 3 is 2.33 bits per heavy atom. The summed E-state index contributed by atoms with van der Waals surface area (Å²) < 4.78 is 12.9. The van der Waals surface area contributed by atoms with Gasteiger partial charge in [0.05, 0.1) is 5.69 Å². The van der Waals surface area contributed by atoms with Crippen LogP contribution in [0.1, 0.15) is 21.5 Å². The van der Waals surface area contributed by atoms with Crippen molar-refractivity contribution in [2.24, 2.45) is 0 Å². The molecule has 134 valence electrons. The van der Waals surface area contributed by atoms with Crippen LogP contribution >= 0.6 is 0 Å². The molecule has 0 aliphatic rings. The van der Waals surface area contributed by atoms with Crippen LogP contribution < -0.4 is 11.1 Å². The smallest absolute Gasteiger partial charge is 0.248 e. The number of nitrogens with two attached hydrogens (primary N) is 1. The van der Waals surface area contributed by atoms with Crippen LogP contribution in [-0.2, 0) is 4.79 Å². The molecule has 1 amide bonds. The van der Waals surface area contributed by atoms with Crippen molar-refractivity contribution in [2.45, 2.75) is 0 Å². The van der Waals surface area contributed by atoms with Gasteiger partial charge in [-0.1, -0.05) is 42.5 Å². The molecule has 5 heteroatoms. The fraction of sp³-hybridized carbons (Fsp3) is 0. The summed E-state index contributed by atoms with van der Waals surface area (Å²) in [5.74, 6) is -0.991. The lowest BCUT2D eigenvalue weighted by atomic mass is 10.0. The van der Waals surface area contributed by atoms with Crippen molar-refractivity contribution in [1.82, 2.24) is 0 Å². The summed E-state index contributed by atoms with van der Waals surface area (Å²) in [6.45, 7) is 0. The van der Waals surface area contributed by atoms with E-state index in [1.54, 1.807) is 54.6 Å². The van der Waals surface area contributed by atoms with Gasteiger partial charge in [-0.3, -0.25) is 9.59 Å². The molecule has 0 radical (unpaired) electrons. The molecule has 0 aliphatic heterocycles. The number of nitrogens with one attached hydrogen (secondary N) is 1. The standard InChI is InChI=1S/C22H17FN2O2/c23-17-9-6-15(7-10-17)8-13-21(26)25-20-12-11-18(24)14-19(20)22(27)16-4-2-1-3-5-16/h1-14H,24H2,(H,25,26)/b13-8+. The van der Waals surface area contributed by atoms with E-state index in [1.165, 1.54) is 24.3 Å². The van der Waals surface area contributed by atoms with E-state index in [0.717, 1.165) is 0 Å². The van der Waals surface area contributed by atoms with E-state index in [0.29, 0.717) is 28.1 Å². The predicted octanol–water partition coefficient (Wildman–Crippen LogP) is 4.29. The van der Waals surface area contributed by atoms with Crippen LogP contribution in [0.4, 0.5) is 15.8 Å². The number of hydrogen-bond acceptors (Lipinski definition) is 3. The summed E-state index contributed by atoms with van der Waals surface area (Å²) in [5, 5.41) is 2.69. The van der Waals surface area contributed by atoms with E-state index < -0.39 is 5.91 Å². The number of benzene rings is 3. The first-order chi connectivity index (χ1) is 13.0. The van der Waals surface area contributed by atoms with Crippen molar-refractivity contribution in [3.63, 3.8) is 0 Å². The summed E-state index contributed by atoms with van der Waals surface area (Å²) >= 11 is 0. The van der Waals surface area contributed by atoms with Gasteiger partial charge in [0, 0.05) is 22.9 Å². The van der Waals surface area contributed by atoms with Gasteiger partial charge in [0.15, 0.2) is 5.78 Å². The maximum atomic E-state index is 12.9. The van der Waals surface area contributed by atoms with Gasteiger partial charge < -0.3 is 11.1 Å². The zero-order chi connectivity index (χ0) is 19.2. The van der Waals surface area contributed by atoms with E-state index in [1.807, 2.05) is 6.07 Å². The molecule has 0 aromatic heterocycles. The average Bonchev–Trinajstić information content (AvgIpc) is 2.69. The molecular weight excluding hydrogens is 343 g/mol. The first kappa shape index (κ1) is 18.1. The number of ketones is 1. The molecule has 0 saturated heterocycles. The highest BCUT2D eigenvalue weighted by Crippen LogP contribution is 2.22. The number of halogens is 1. The van der Waals surface area contributed by atoms with Crippen LogP contribution in [0.25, 0.3) is 6.08 Å². The molecule has 4 nitrogen and oxygen atoms in total. The number of rotatable bonds is 5. The lowest BCUT2D eigenvalue weighted by Crippen LogP contribution is -2.13. The third-order valence-electron chi connectivity index (χ3n) is 3.88. The SMILES string of the molecule is Nc1ccc(NC(=O)/C=C/c2ccc(F)cc2)c(C(=O)c2ccccc2)c1. The second kappa shape index (κ2) is 8.10. The number of nitrogen functional groups attached to an aromatic ring is 1. The number of amides is 1. The molecule has 0 heterocycles. The third kappa shape index (κ3) is 4.67. The quantitative estimate of drug-likeness (QED) is 0.405. The van der Waals surface area contributed by atoms with Crippen molar-refractivity contribution in [2.75, 3.05) is 11.1 Å². The molecule has 0 unspecified atom stereocenters. The van der Waals surface area contributed by atoms with Crippen LogP contribution in [0.5, 0.6) is 0 Å². The molecule has 3 aromatic rings. The van der Waals surface area contributed by atoms with Gasteiger partial charge in [0.25, 0.3) is 0 Å². The van der Waals surface area contributed by atoms with Gasteiger partial charge in [-0.05, 0) is 42.0 Å². The van der Waals surface area contributed by atoms with Crippen molar-refractivity contribution in [1.29, 1.82) is 0 Å². The van der Waals surface area contributed by atoms with Crippen LogP contribution in [0.2, 0.25) is 0 Å². The first-order valence-electron chi connectivity index (χ1n) is 8.27. The topological polar surface area (TPSA) is 72.2 Å². The monoisotopic (exact) mass is 360 g/mol. The summed E-state index contributed by atoms with van der Waals surface area (Å²) in [6, 6.07) is 19.2. The molecule has 0 aliphatic carbocycles. The Kier molecular flexibility index (Phi) is 5.42. The van der Waals surface area contributed by atoms with Gasteiger partial charge in [-0.15, -0.1) is 0 Å². The minimum absolute atomic E-state index is 0.235. The van der Waals surface area contributed by atoms with Crippen molar-refractivity contribution in [3.05, 3.63) is 101 Å². The number of hydrogen-bond donors (Lipinski definition) is 2. The summed E-state index contributed by atoms with van der Waals surface area (Å²) in [5.41, 5.74) is 8.10. The van der Waals surface area contributed by atoms with E-state index in [4.69, 9.17) is 5.73 Å². The Balaban J connectivity index is 1.81. The molecule has 0 bridgehead atoms. The van der Waals surface area contributed by atoms with E-state index in [9.17, 15) is 14.0 Å². The third-order valence-corrected chi connectivity index (χ3v) is 3.88. The fourth-order valence-electron chi connectivity index (χ4n) is 2.52. The minimum atomic E-state index is -0.411. The maximum absolute atomic E-state index is 12.9. The van der Waals surface area contributed by atoms with Crippen LogP contribution in [0.15, 0.2) is 78.9 Å². The Bertz CT molecular complexity index is 997. The summed E-state index contributed by atoms with van der Waals surface area (Å²) in [4.78, 5) is 25.0. The van der Waals surface area contributed by atoms with Crippen molar-refractivity contribution >= 4 is 29.1 Å². The Morgan fingerprint density at radius 2 is 1.63 bits per heavy atom. The van der Waals surface area contributed by atoms with Crippen LogP contribution in [0.3, 0.4) is 0 Å². The predicted molar refractivity (Wildman–Crippen MR) is 105 cm³/mol. The minimum Gasteiger partial charge on any atom is -0.399 e. The molecule has 27 heavy (non-hydrogen) atoms. The molecular formula is C22H17FN2O2. The Morgan fingerprint density at radius 1 is 0.926 bits per heavy atom. The highest BCUT2D eigenvalue weighted by Gasteiger charge is 2.15. The average molecular weight is 360 g/mol. The van der Waals surface area contributed by atoms with Gasteiger partial charge in [-0.25, -0.2) is 4.39 Å². The second-order valence-corrected chi connectivity index (χ2v) is 5.87. The number of carbonyl (C=O) groups excluding carboxylic acids is 2. The maximum Gasteiger partial charge on any atom is 0.248 e. The van der Waals surface area contributed by atoms with Crippen LogP contribution in [-0.4, -0.2) is 11.7 Å². The van der Waals surface area contributed by atoms with Gasteiger partial charge in [-0.2, -0.15) is 0 Å². The zero-order valence-corrected chi connectivity index (χ0v) is 14.4. The fourth-order valence-corrected chi connectivity index (χ4v) is 2.52. The lowest BCUT2D eigenvalue weighted by Gasteiger charge is -2.10. The van der Waals surface area contributed by atoms with Crippen LogP contribution in [0, 0.1) is 5.82 Å². The molecule has 0 saturated carbocycles. The molecule has 3 rings (SSSR count). The first-order valence-corrected chi connectivity index (χ1v) is 8.27. The molecule has 0 atom stereocenters. The highest BCUT2D eigenvalue weighted by atomic mass is 19.1. The summed E-state index contributed by atoms with van der Waals surface area (Å²) in [6.07, 6.45) is 2.88. The number of carbonyl (C=O) groups is 2. The second-order valence-electron chi connectivity index (χ2n) is 5.87. The van der Waals surface area contributed by atoms with Gasteiger partial charge >= 0.3 is 0 Å². The largest absolute Gasteiger partial charge is 0.399 e. The zero-order valence-electron chi connectivity index (χ0n) is 14.4. The normalized spacial score (nSPS) is 10.7. The molecule has 0 spiro atoms. The lowest BCUT2D eigenvalue weighted by molar-refractivity contribution is -0.111. The molecule has 3 aromatic carbocycles. The highest BCUT2D eigenvalue weighted by molar-refractivity contribution is 6.15. The summed E-state index contributed by atoms with van der Waals surface area (Å²) in [7, 11) is 0. The Hall–Kier alpha value is -3.73. The van der Waals surface area contributed by atoms with E-state index >= 15 is 0 Å². The van der Waals surface area contributed by atoms with Gasteiger partial charge in [0.2, 0.25) is 5.91 Å².